The fourth-order valence-corrected chi connectivity index (χ4v) is 5.44. The number of hydrogen-bond acceptors (Lipinski definition) is 2. The van der Waals surface area contributed by atoms with Gasteiger partial charge in [0.1, 0.15) is 0 Å². The number of likely N-dealkylation sites (tertiary alicyclic amines) is 1. The molecule has 110 valence electrons. The first-order valence-electron chi connectivity index (χ1n) is 8.50. The lowest BCUT2D eigenvalue weighted by Gasteiger charge is -2.53. The zero-order valence-electron chi connectivity index (χ0n) is 13.0. The van der Waals surface area contributed by atoms with Crippen LogP contribution in [0.5, 0.6) is 0 Å². The molecule has 3 aliphatic rings. The zero-order valence-corrected chi connectivity index (χ0v) is 13.0. The van der Waals surface area contributed by atoms with Gasteiger partial charge in [0.05, 0.1) is 0 Å². The highest BCUT2D eigenvalue weighted by atomic mass is 15.3. The van der Waals surface area contributed by atoms with E-state index >= 15 is 0 Å². The molecule has 0 aromatic heterocycles. The summed E-state index contributed by atoms with van der Waals surface area (Å²) in [6.07, 6.45) is 14.2. The van der Waals surface area contributed by atoms with Crippen molar-refractivity contribution in [3.63, 3.8) is 0 Å². The van der Waals surface area contributed by atoms with Crippen molar-refractivity contribution in [2.75, 3.05) is 13.1 Å². The first-order valence-corrected chi connectivity index (χ1v) is 8.50. The average molecular weight is 264 g/mol. The first-order chi connectivity index (χ1) is 9.02. The van der Waals surface area contributed by atoms with Crippen LogP contribution >= 0.6 is 0 Å². The van der Waals surface area contributed by atoms with E-state index in [1.54, 1.807) is 0 Å². The van der Waals surface area contributed by atoms with Crippen LogP contribution < -0.4 is 5.73 Å². The second-order valence-electron chi connectivity index (χ2n) is 8.20. The molecule has 0 amide bonds. The van der Waals surface area contributed by atoms with Gasteiger partial charge < -0.3 is 5.73 Å². The van der Waals surface area contributed by atoms with Gasteiger partial charge >= 0.3 is 0 Å². The normalized spacial score (nSPS) is 33.0. The van der Waals surface area contributed by atoms with Crippen LogP contribution in [-0.2, 0) is 0 Å². The summed E-state index contributed by atoms with van der Waals surface area (Å²) in [4.78, 5) is 2.79. The predicted octanol–water partition coefficient (Wildman–Crippen LogP) is 3.69. The average Bonchev–Trinajstić information content (AvgIpc) is 2.99. The molecule has 1 saturated heterocycles. The summed E-state index contributed by atoms with van der Waals surface area (Å²) >= 11 is 0. The van der Waals surface area contributed by atoms with E-state index in [1.165, 1.54) is 70.8 Å². The van der Waals surface area contributed by atoms with Crippen LogP contribution in [-0.4, -0.2) is 29.1 Å². The minimum Gasteiger partial charge on any atom is -0.329 e. The Bertz CT molecular complexity index is 318. The monoisotopic (exact) mass is 264 g/mol. The van der Waals surface area contributed by atoms with E-state index < -0.39 is 0 Å². The van der Waals surface area contributed by atoms with E-state index in [9.17, 15) is 0 Å². The van der Waals surface area contributed by atoms with Crippen molar-refractivity contribution in [1.29, 1.82) is 0 Å². The maximum atomic E-state index is 6.28. The van der Waals surface area contributed by atoms with E-state index in [-0.39, 0.29) is 0 Å². The second kappa shape index (κ2) is 4.73. The lowest BCUT2D eigenvalue weighted by Crippen LogP contribution is -2.61. The second-order valence-corrected chi connectivity index (χ2v) is 8.20. The van der Waals surface area contributed by atoms with E-state index in [0.717, 1.165) is 12.0 Å². The molecule has 2 saturated carbocycles. The molecule has 0 aromatic carbocycles. The molecule has 2 heteroatoms. The molecule has 19 heavy (non-hydrogen) atoms. The Morgan fingerprint density at radius 3 is 1.95 bits per heavy atom. The molecule has 2 N–H and O–H groups in total. The Morgan fingerprint density at radius 1 is 0.842 bits per heavy atom. The third-order valence-electron chi connectivity index (χ3n) is 6.76. The summed E-state index contributed by atoms with van der Waals surface area (Å²) in [5.74, 6) is 0. The molecule has 0 atom stereocenters. The van der Waals surface area contributed by atoms with Crippen molar-refractivity contribution < 1.29 is 0 Å². The molecule has 3 rings (SSSR count). The van der Waals surface area contributed by atoms with Gasteiger partial charge in [-0.2, -0.15) is 0 Å². The van der Waals surface area contributed by atoms with Crippen LogP contribution in [0.15, 0.2) is 0 Å². The summed E-state index contributed by atoms with van der Waals surface area (Å²) in [5.41, 5.74) is 7.71. The van der Waals surface area contributed by atoms with Crippen LogP contribution in [0, 0.1) is 5.41 Å². The lowest BCUT2D eigenvalue weighted by molar-refractivity contribution is -0.0217. The SMILES string of the molecule is CC1(C)CCCN1C1(CN)CCC2(CCCC2)CC1. The topological polar surface area (TPSA) is 29.3 Å². The molecule has 2 aliphatic carbocycles. The van der Waals surface area contributed by atoms with Gasteiger partial charge in [0.15, 0.2) is 0 Å². The third kappa shape index (κ3) is 2.25. The van der Waals surface area contributed by atoms with Gasteiger partial charge in [-0.1, -0.05) is 12.8 Å². The highest BCUT2D eigenvalue weighted by molar-refractivity contribution is 5.06. The van der Waals surface area contributed by atoms with Crippen LogP contribution in [0.4, 0.5) is 0 Å². The predicted molar refractivity (Wildman–Crippen MR) is 81.2 cm³/mol. The van der Waals surface area contributed by atoms with Crippen molar-refractivity contribution in [2.45, 2.75) is 89.1 Å². The maximum absolute atomic E-state index is 6.28. The standard InChI is InChI=1S/C17H32N2/c1-15(2)6-5-13-19(15)17(14-18)11-9-16(10-12-17)7-3-4-8-16/h3-14,18H2,1-2H3. The van der Waals surface area contributed by atoms with Gasteiger partial charge in [-0.05, 0) is 77.2 Å². The van der Waals surface area contributed by atoms with Crippen molar-refractivity contribution >= 4 is 0 Å². The molecular formula is C17H32N2. The van der Waals surface area contributed by atoms with Crippen molar-refractivity contribution in [3.8, 4) is 0 Å². The summed E-state index contributed by atoms with van der Waals surface area (Å²) in [7, 11) is 0. The fourth-order valence-electron chi connectivity index (χ4n) is 5.44. The van der Waals surface area contributed by atoms with Crippen LogP contribution in [0.1, 0.15) is 78.1 Å². The first kappa shape index (κ1) is 13.9. The Morgan fingerprint density at radius 2 is 1.47 bits per heavy atom. The highest BCUT2D eigenvalue weighted by Gasteiger charge is 2.50. The quantitative estimate of drug-likeness (QED) is 0.824. The molecule has 1 heterocycles. The Balaban J connectivity index is 1.75. The zero-order chi connectivity index (χ0) is 13.6. The molecule has 1 spiro atoms. The summed E-state index contributed by atoms with van der Waals surface area (Å²) in [6.45, 7) is 7.00. The largest absolute Gasteiger partial charge is 0.329 e. The highest BCUT2D eigenvalue weighted by Crippen LogP contribution is 2.53. The summed E-state index contributed by atoms with van der Waals surface area (Å²) in [6, 6.07) is 0. The van der Waals surface area contributed by atoms with Crippen LogP contribution in [0.3, 0.4) is 0 Å². The van der Waals surface area contributed by atoms with Crippen molar-refractivity contribution in [2.24, 2.45) is 11.1 Å². The number of rotatable bonds is 2. The minimum absolute atomic E-state index is 0.327. The molecule has 0 bridgehead atoms. The Kier molecular flexibility index (Phi) is 3.46. The molecule has 1 aliphatic heterocycles. The van der Waals surface area contributed by atoms with Gasteiger partial charge in [0.25, 0.3) is 0 Å². The van der Waals surface area contributed by atoms with Crippen molar-refractivity contribution in [3.05, 3.63) is 0 Å². The summed E-state index contributed by atoms with van der Waals surface area (Å²) in [5, 5.41) is 0. The van der Waals surface area contributed by atoms with Crippen molar-refractivity contribution in [1.82, 2.24) is 4.90 Å². The van der Waals surface area contributed by atoms with E-state index in [0.29, 0.717) is 11.1 Å². The van der Waals surface area contributed by atoms with Crippen LogP contribution in [0.25, 0.3) is 0 Å². The lowest BCUT2D eigenvalue weighted by atomic mass is 9.65. The molecule has 0 unspecified atom stereocenters. The number of nitrogens with zero attached hydrogens (tertiary/aromatic N) is 1. The Labute approximate surface area is 119 Å². The van der Waals surface area contributed by atoms with E-state index in [2.05, 4.69) is 18.7 Å². The molecular weight excluding hydrogens is 232 g/mol. The van der Waals surface area contributed by atoms with Gasteiger partial charge in [-0.25, -0.2) is 0 Å². The number of hydrogen-bond donors (Lipinski definition) is 1. The molecule has 3 fully saturated rings. The minimum atomic E-state index is 0.327. The van der Waals surface area contributed by atoms with Gasteiger partial charge in [-0.3, -0.25) is 4.90 Å². The molecule has 0 radical (unpaired) electrons. The molecule has 0 aromatic rings. The molecule has 2 nitrogen and oxygen atoms in total. The smallest absolute Gasteiger partial charge is 0.0337 e. The van der Waals surface area contributed by atoms with Gasteiger partial charge in [0, 0.05) is 17.6 Å². The van der Waals surface area contributed by atoms with Gasteiger partial charge in [0.2, 0.25) is 0 Å². The van der Waals surface area contributed by atoms with Gasteiger partial charge in [-0.15, -0.1) is 0 Å². The van der Waals surface area contributed by atoms with E-state index in [4.69, 9.17) is 5.73 Å². The maximum Gasteiger partial charge on any atom is 0.0337 e. The number of nitrogens with two attached hydrogens (primary N) is 1. The van der Waals surface area contributed by atoms with Crippen LogP contribution in [0.2, 0.25) is 0 Å². The fraction of sp³-hybridized carbons (Fsp3) is 1.00. The summed E-state index contributed by atoms with van der Waals surface area (Å²) < 4.78 is 0. The third-order valence-corrected chi connectivity index (χ3v) is 6.76. The van der Waals surface area contributed by atoms with E-state index in [1.807, 2.05) is 0 Å². The Hall–Kier alpha value is -0.0800.